The normalized spacial score (nSPS) is 15.5. The molecule has 1 aliphatic carbocycles. The number of nitrogens with one attached hydrogen (secondary N) is 1. The number of hydrogen-bond acceptors (Lipinski definition) is 4. The smallest absolute Gasteiger partial charge is 0.258 e. The van der Waals surface area contributed by atoms with Gasteiger partial charge in [0.1, 0.15) is 5.69 Å². The van der Waals surface area contributed by atoms with E-state index in [9.17, 15) is 9.90 Å². The van der Waals surface area contributed by atoms with Crippen LogP contribution in [0.15, 0.2) is 17.1 Å². The molecule has 0 spiro atoms. The van der Waals surface area contributed by atoms with Gasteiger partial charge in [0.05, 0.1) is 5.56 Å². The van der Waals surface area contributed by atoms with Gasteiger partial charge in [-0.1, -0.05) is 18.9 Å². The largest absolute Gasteiger partial charge is 0.493 e. The molecule has 1 saturated carbocycles. The van der Waals surface area contributed by atoms with Gasteiger partial charge in [-0.25, -0.2) is 0 Å². The van der Waals surface area contributed by atoms with Crippen molar-refractivity contribution in [3.8, 4) is 17.4 Å². The summed E-state index contributed by atoms with van der Waals surface area (Å²) in [4.78, 5) is 23.6. The van der Waals surface area contributed by atoms with E-state index in [2.05, 4.69) is 15.0 Å². The maximum absolute atomic E-state index is 12.3. The standard InChI is InChI=1S/C16H19N3O2/c1-9-7-10(2)13(17-8-9)14-18-15(20)12(16(21)19-14)11-5-3-4-6-11/h7-8,11H,3-6H2,1-2H3,(H2,18,19,20,21). The Morgan fingerprint density at radius 3 is 2.62 bits per heavy atom. The average molecular weight is 285 g/mol. The molecule has 2 aromatic rings. The lowest BCUT2D eigenvalue weighted by molar-refractivity contribution is 0.436. The summed E-state index contributed by atoms with van der Waals surface area (Å²) in [6.45, 7) is 3.87. The highest BCUT2D eigenvalue weighted by atomic mass is 16.3. The molecular weight excluding hydrogens is 266 g/mol. The SMILES string of the molecule is Cc1cnc(-c2nc(O)c(C3CCCC3)c(=O)[nH]2)c(C)c1. The number of pyridine rings is 1. The lowest BCUT2D eigenvalue weighted by Gasteiger charge is -2.11. The maximum atomic E-state index is 12.3. The second kappa shape index (κ2) is 5.31. The fourth-order valence-electron chi connectivity index (χ4n) is 3.13. The molecule has 0 aliphatic heterocycles. The Morgan fingerprint density at radius 2 is 2.00 bits per heavy atom. The van der Waals surface area contributed by atoms with Gasteiger partial charge in [0.2, 0.25) is 5.88 Å². The fourth-order valence-corrected chi connectivity index (χ4v) is 3.13. The quantitative estimate of drug-likeness (QED) is 0.889. The van der Waals surface area contributed by atoms with Crippen molar-refractivity contribution in [2.75, 3.05) is 0 Å². The van der Waals surface area contributed by atoms with E-state index in [1.165, 1.54) is 0 Å². The molecule has 5 nitrogen and oxygen atoms in total. The number of hydrogen-bond donors (Lipinski definition) is 2. The minimum absolute atomic E-state index is 0.127. The van der Waals surface area contributed by atoms with Gasteiger partial charge in [-0.15, -0.1) is 0 Å². The van der Waals surface area contributed by atoms with Crippen molar-refractivity contribution in [2.45, 2.75) is 45.4 Å². The Morgan fingerprint density at radius 1 is 1.29 bits per heavy atom. The molecule has 2 N–H and O–H groups in total. The Labute approximate surface area is 123 Å². The first-order chi connectivity index (χ1) is 10.1. The summed E-state index contributed by atoms with van der Waals surface area (Å²) in [6, 6.07) is 1.98. The van der Waals surface area contributed by atoms with Gasteiger partial charge in [-0.05, 0) is 43.7 Å². The molecule has 0 aromatic carbocycles. The predicted molar refractivity (Wildman–Crippen MR) is 80.4 cm³/mol. The molecule has 0 saturated heterocycles. The third-order valence-corrected chi connectivity index (χ3v) is 4.14. The minimum atomic E-state index is -0.244. The van der Waals surface area contributed by atoms with Gasteiger partial charge in [-0.2, -0.15) is 4.98 Å². The number of aromatic nitrogens is 3. The number of H-pyrrole nitrogens is 1. The first-order valence-corrected chi connectivity index (χ1v) is 7.33. The van der Waals surface area contributed by atoms with Crippen LogP contribution in [0.25, 0.3) is 11.5 Å². The average Bonchev–Trinajstić information content (AvgIpc) is 2.91. The fraction of sp³-hybridized carbons (Fsp3) is 0.438. The summed E-state index contributed by atoms with van der Waals surface area (Å²) < 4.78 is 0. The number of aromatic hydroxyl groups is 1. The van der Waals surface area contributed by atoms with Gasteiger partial charge >= 0.3 is 0 Å². The number of aromatic amines is 1. The van der Waals surface area contributed by atoms with Gasteiger partial charge in [0.15, 0.2) is 5.82 Å². The van der Waals surface area contributed by atoms with E-state index < -0.39 is 0 Å². The van der Waals surface area contributed by atoms with E-state index in [1.807, 2.05) is 19.9 Å². The first kappa shape index (κ1) is 13.8. The number of nitrogens with zero attached hydrogens (tertiary/aromatic N) is 2. The topological polar surface area (TPSA) is 78.9 Å². The monoisotopic (exact) mass is 285 g/mol. The van der Waals surface area contributed by atoms with Gasteiger partial charge in [0, 0.05) is 6.20 Å². The lowest BCUT2D eigenvalue weighted by Crippen LogP contribution is -2.18. The molecule has 5 heteroatoms. The highest BCUT2D eigenvalue weighted by Crippen LogP contribution is 2.35. The Balaban J connectivity index is 2.07. The summed E-state index contributed by atoms with van der Waals surface area (Å²) in [5, 5.41) is 10.2. The summed E-state index contributed by atoms with van der Waals surface area (Å²) in [6.07, 6.45) is 5.82. The van der Waals surface area contributed by atoms with Crippen molar-refractivity contribution in [2.24, 2.45) is 0 Å². The zero-order chi connectivity index (χ0) is 15.0. The highest BCUT2D eigenvalue weighted by Gasteiger charge is 2.25. The third-order valence-electron chi connectivity index (χ3n) is 4.14. The van der Waals surface area contributed by atoms with Crippen molar-refractivity contribution in [1.29, 1.82) is 0 Å². The zero-order valence-corrected chi connectivity index (χ0v) is 12.3. The molecule has 2 aromatic heterocycles. The van der Waals surface area contributed by atoms with E-state index in [4.69, 9.17) is 0 Å². The van der Waals surface area contributed by atoms with Crippen LogP contribution in [0.2, 0.25) is 0 Å². The van der Waals surface area contributed by atoms with Crippen LogP contribution in [0.1, 0.15) is 48.3 Å². The summed E-state index contributed by atoms with van der Waals surface area (Å²) in [5.74, 6) is 0.307. The molecule has 3 rings (SSSR count). The maximum Gasteiger partial charge on any atom is 0.258 e. The number of rotatable bonds is 2. The molecule has 1 fully saturated rings. The second-order valence-corrected chi connectivity index (χ2v) is 5.81. The van der Waals surface area contributed by atoms with Crippen LogP contribution in [0, 0.1) is 13.8 Å². The molecule has 1 aliphatic rings. The van der Waals surface area contributed by atoms with Crippen LogP contribution in [0.4, 0.5) is 0 Å². The van der Waals surface area contributed by atoms with Crippen LogP contribution in [0.5, 0.6) is 5.88 Å². The molecule has 0 atom stereocenters. The third kappa shape index (κ3) is 2.55. The molecule has 110 valence electrons. The molecule has 2 heterocycles. The lowest BCUT2D eigenvalue weighted by atomic mass is 10.00. The zero-order valence-electron chi connectivity index (χ0n) is 12.3. The van der Waals surface area contributed by atoms with Crippen molar-refractivity contribution in [1.82, 2.24) is 15.0 Å². The van der Waals surface area contributed by atoms with Gasteiger partial charge in [0.25, 0.3) is 5.56 Å². The van der Waals surface area contributed by atoms with Crippen molar-refractivity contribution in [3.63, 3.8) is 0 Å². The van der Waals surface area contributed by atoms with Crippen molar-refractivity contribution in [3.05, 3.63) is 39.3 Å². The number of aryl methyl sites for hydroxylation is 2. The Kier molecular flexibility index (Phi) is 3.49. The van der Waals surface area contributed by atoms with E-state index in [0.29, 0.717) is 17.1 Å². The van der Waals surface area contributed by atoms with E-state index in [-0.39, 0.29) is 17.4 Å². The van der Waals surface area contributed by atoms with Gasteiger partial charge < -0.3 is 10.1 Å². The van der Waals surface area contributed by atoms with E-state index in [0.717, 1.165) is 36.8 Å². The van der Waals surface area contributed by atoms with Crippen molar-refractivity contribution >= 4 is 0 Å². The van der Waals surface area contributed by atoms with Crippen LogP contribution in [0.3, 0.4) is 0 Å². The van der Waals surface area contributed by atoms with E-state index >= 15 is 0 Å². The predicted octanol–water partition coefficient (Wildman–Crippen LogP) is 2.81. The van der Waals surface area contributed by atoms with Gasteiger partial charge in [-0.3, -0.25) is 9.78 Å². The Hall–Kier alpha value is -2.17. The highest BCUT2D eigenvalue weighted by molar-refractivity contribution is 5.55. The molecule has 0 radical (unpaired) electrons. The molecular formula is C16H19N3O2. The minimum Gasteiger partial charge on any atom is -0.493 e. The van der Waals surface area contributed by atoms with Crippen molar-refractivity contribution < 1.29 is 5.11 Å². The van der Waals surface area contributed by atoms with Crippen LogP contribution in [-0.2, 0) is 0 Å². The summed E-state index contributed by atoms with van der Waals surface area (Å²) in [7, 11) is 0. The first-order valence-electron chi connectivity index (χ1n) is 7.33. The van der Waals surface area contributed by atoms with E-state index in [1.54, 1.807) is 6.20 Å². The molecule has 21 heavy (non-hydrogen) atoms. The molecule has 0 unspecified atom stereocenters. The summed E-state index contributed by atoms with van der Waals surface area (Å²) >= 11 is 0. The van der Waals surface area contributed by atoms with Crippen LogP contribution >= 0.6 is 0 Å². The molecule has 0 amide bonds. The van der Waals surface area contributed by atoms with Crippen LogP contribution in [-0.4, -0.2) is 20.1 Å². The summed E-state index contributed by atoms with van der Waals surface area (Å²) in [5.41, 5.74) is 2.76. The second-order valence-electron chi connectivity index (χ2n) is 5.81. The Bertz CT molecular complexity index is 731. The molecule has 0 bridgehead atoms. The van der Waals surface area contributed by atoms with Crippen LogP contribution < -0.4 is 5.56 Å².